The largest absolute Gasteiger partial charge is 0.490 e. The molecule has 82 valence electrons. The Morgan fingerprint density at radius 1 is 1.33 bits per heavy atom. The fourth-order valence-corrected chi connectivity index (χ4v) is 1.28. The van der Waals surface area contributed by atoms with Gasteiger partial charge in [-0.1, -0.05) is 0 Å². The molecule has 1 unspecified atom stereocenters. The number of carbonyl (C=O) groups is 1. The van der Waals surface area contributed by atoms with Crippen molar-refractivity contribution in [3.05, 3.63) is 29.8 Å². The van der Waals surface area contributed by atoms with Crippen molar-refractivity contribution in [1.82, 2.24) is 0 Å². The molecule has 0 bridgehead atoms. The van der Waals surface area contributed by atoms with Gasteiger partial charge in [0.05, 0.1) is 0 Å². The summed E-state index contributed by atoms with van der Waals surface area (Å²) >= 11 is 0. The second-order valence-electron chi connectivity index (χ2n) is 3.44. The minimum absolute atomic E-state index is 0.0284. The van der Waals surface area contributed by atoms with Gasteiger partial charge in [-0.15, -0.1) is 0 Å². The molecule has 0 spiro atoms. The third-order valence-electron chi connectivity index (χ3n) is 1.75. The first kappa shape index (κ1) is 11.6. The minimum Gasteiger partial charge on any atom is -0.490 e. The van der Waals surface area contributed by atoms with E-state index in [2.05, 4.69) is 0 Å². The maximum Gasteiger partial charge on any atom is 0.133 e. The highest BCUT2D eigenvalue weighted by Gasteiger charge is 2.08. The summed E-state index contributed by atoms with van der Waals surface area (Å²) in [6, 6.07) is 2.93. The highest BCUT2D eigenvalue weighted by molar-refractivity contribution is 5.75. The Hall–Kier alpha value is -1.45. The summed E-state index contributed by atoms with van der Waals surface area (Å²) in [6.45, 7) is 3.11. The molecule has 0 N–H and O–H groups in total. The van der Waals surface area contributed by atoms with E-state index in [9.17, 15) is 13.6 Å². The second-order valence-corrected chi connectivity index (χ2v) is 3.44. The summed E-state index contributed by atoms with van der Waals surface area (Å²) < 4.78 is 30.7. The van der Waals surface area contributed by atoms with Crippen molar-refractivity contribution in [1.29, 1.82) is 0 Å². The number of hydrogen-bond acceptors (Lipinski definition) is 2. The number of ketones is 1. The standard InChI is InChI=1S/C11H12F2O2/c1-7(14)3-8(2)15-11-5-9(12)4-10(13)6-11/h4-6,8H,3H2,1-2H3. The normalized spacial score (nSPS) is 12.3. The van der Waals surface area contributed by atoms with E-state index >= 15 is 0 Å². The molecule has 2 nitrogen and oxygen atoms in total. The maximum atomic E-state index is 12.8. The summed E-state index contributed by atoms with van der Waals surface area (Å²) in [5.41, 5.74) is 0. The Morgan fingerprint density at radius 3 is 2.33 bits per heavy atom. The third kappa shape index (κ3) is 4.06. The first-order chi connectivity index (χ1) is 6.97. The number of Topliss-reactive ketones (excluding diaryl/α,β-unsaturated/α-hetero) is 1. The maximum absolute atomic E-state index is 12.8. The second kappa shape index (κ2) is 4.87. The van der Waals surface area contributed by atoms with Gasteiger partial charge in [0.15, 0.2) is 0 Å². The molecule has 0 amide bonds. The molecule has 0 aliphatic carbocycles. The van der Waals surface area contributed by atoms with E-state index in [-0.39, 0.29) is 24.1 Å². The van der Waals surface area contributed by atoms with Crippen LogP contribution in [0.15, 0.2) is 18.2 Å². The van der Waals surface area contributed by atoms with Gasteiger partial charge in [-0.05, 0) is 13.8 Å². The zero-order chi connectivity index (χ0) is 11.4. The van der Waals surface area contributed by atoms with Crippen LogP contribution >= 0.6 is 0 Å². The van der Waals surface area contributed by atoms with Crippen molar-refractivity contribution >= 4 is 5.78 Å². The molecule has 1 atom stereocenters. The smallest absolute Gasteiger partial charge is 0.133 e. The topological polar surface area (TPSA) is 26.3 Å². The van der Waals surface area contributed by atoms with Gasteiger partial charge in [-0.25, -0.2) is 8.78 Å². The van der Waals surface area contributed by atoms with Crippen molar-refractivity contribution in [3.63, 3.8) is 0 Å². The predicted octanol–water partition coefficient (Wildman–Crippen LogP) is 2.71. The van der Waals surface area contributed by atoms with Gasteiger partial charge in [-0.2, -0.15) is 0 Å². The number of hydrogen-bond donors (Lipinski definition) is 0. The van der Waals surface area contributed by atoms with Crippen LogP contribution in [0.1, 0.15) is 20.3 Å². The van der Waals surface area contributed by atoms with Gasteiger partial charge in [-0.3, -0.25) is 4.79 Å². The van der Waals surface area contributed by atoms with Crippen molar-refractivity contribution in [3.8, 4) is 5.75 Å². The number of rotatable bonds is 4. The molecular formula is C11H12F2O2. The summed E-state index contributed by atoms with van der Waals surface area (Å²) in [5, 5.41) is 0. The van der Waals surface area contributed by atoms with Gasteiger partial charge in [0.2, 0.25) is 0 Å². The summed E-state index contributed by atoms with van der Waals surface area (Å²) in [6.07, 6.45) is -0.165. The van der Waals surface area contributed by atoms with E-state index in [4.69, 9.17) is 4.74 Å². The van der Waals surface area contributed by atoms with Gasteiger partial charge >= 0.3 is 0 Å². The van der Waals surface area contributed by atoms with Crippen molar-refractivity contribution in [2.24, 2.45) is 0 Å². The van der Waals surface area contributed by atoms with E-state index in [1.165, 1.54) is 6.92 Å². The Labute approximate surface area is 86.9 Å². The number of benzene rings is 1. The minimum atomic E-state index is -0.694. The van der Waals surface area contributed by atoms with Crippen LogP contribution in [-0.2, 0) is 4.79 Å². The Balaban J connectivity index is 2.67. The molecule has 0 saturated carbocycles. The van der Waals surface area contributed by atoms with Crippen LogP contribution in [0.4, 0.5) is 8.78 Å². The lowest BCUT2D eigenvalue weighted by Gasteiger charge is -2.13. The van der Waals surface area contributed by atoms with Crippen LogP contribution in [0.2, 0.25) is 0 Å². The SMILES string of the molecule is CC(=O)CC(C)Oc1cc(F)cc(F)c1. The third-order valence-corrected chi connectivity index (χ3v) is 1.75. The average Bonchev–Trinajstić information content (AvgIpc) is 1.98. The van der Waals surface area contributed by atoms with Gasteiger partial charge in [0.1, 0.15) is 29.3 Å². The first-order valence-corrected chi connectivity index (χ1v) is 4.59. The highest BCUT2D eigenvalue weighted by Crippen LogP contribution is 2.17. The van der Waals surface area contributed by atoms with Crippen LogP contribution in [0.3, 0.4) is 0 Å². The van der Waals surface area contributed by atoms with Crippen molar-refractivity contribution < 1.29 is 18.3 Å². The van der Waals surface area contributed by atoms with Crippen LogP contribution in [0.25, 0.3) is 0 Å². The fourth-order valence-electron chi connectivity index (χ4n) is 1.28. The molecular weight excluding hydrogens is 202 g/mol. The van der Waals surface area contributed by atoms with E-state index in [0.717, 1.165) is 18.2 Å². The van der Waals surface area contributed by atoms with E-state index in [1.54, 1.807) is 6.92 Å². The first-order valence-electron chi connectivity index (χ1n) is 4.59. The zero-order valence-corrected chi connectivity index (χ0v) is 8.59. The molecule has 0 aliphatic heterocycles. The summed E-state index contributed by atoms with van der Waals surface area (Å²) in [4.78, 5) is 10.8. The predicted molar refractivity (Wildman–Crippen MR) is 51.7 cm³/mol. The molecule has 1 aromatic rings. The Morgan fingerprint density at radius 2 is 1.87 bits per heavy atom. The molecule has 1 aromatic carbocycles. The number of halogens is 2. The molecule has 0 radical (unpaired) electrons. The lowest BCUT2D eigenvalue weighted by atomic mass is 10.2. The quantitative estimate of drug-likeness (QED) is 0.770. The van der Waals surface area contributed by atoms with Gasteiger partial charge in [0, 0.05) is 24.6 Å². The monoisotopic (exact) mass is 214 g/mol. The number of carbonyl (C=O) groups excluding carboxylic acids is 1. The van der Waals surface area contributed by atoms with Gasteiger partial charge < -0.3 is 4.74 Å². The van der Waals surface area contributed by atoms with E-state index in [0.29, 0.717) is 0 Å². The lowest BCUT2D eigenvalue weighted by molar-refractivity contribution is -0.118. The molecule has 0 aliphatic rings. The molecule has 0 aromatic heterocycles. The van der Waals surface area contributed by atoms with Crippen LogP contribution in [0, 0.1) is 11.6 Å². The molecule has 4 heteroatoms. The van der Waals surface area contributed by atoms with Crippen molar-refractivity contribution in [2.75, 3.05) is 0 Å². The lowest BCUT2D eigenvalue weighted by Crippen LogP contribution is -2.15. The molecule has 0 heterocycles. The fraction of sp³-hybridized carbons (Fsp3) is 0.364. The summed E-state index contributed by atoms with van der Waals surface area (Å²) in [5.74, 6) is -1.32. The zero-order valence-electron chi connectivity index (χ0n) is 8.59. The highest BCUT2D eigenvalue weighted by atomic mass is 19.1. The molecule has 0 fully saturated rings. The van der Waals surface area contributed by atoms with Crippen molar-refractivity contribution in [2.45, 2.75) is 26.4 Å². The van der Waals surface area contributed by atoms with Crippen LogP contribution in [-0.4, -0.2) is 11.9 Å². The van der Waals surface area contributed by atoms with E-state index < -0.39 is 11.6 Å². The van der Waals surface area contributed by atoms with E-state index in [1.807, 2.05) is 0 Å². The van der Waals surface area contributed by atoms with Gasteiger partial charge in [0.25, 0.3) is 0 Å². The van der Waals surface area contributed by atoms with Crippen LogP contribution in [0.5, 0.6) is 5.75 Å². The summed E-state index contributed by atoms with van der Waals surface area (Å²) in [7, 11) is 0. The molecule has 15 heavy (non-hydrogen) atoms. The number of ether oxygens (including phenoxy) is 1. The Kier molecular flexibility index (Phi) is 3.77. The average molecular weight is 214 g/mol. The molecule has 1 rings (SSSR count). The van der Waals surface area contributed by atoms with Crippen LogP contribution < -0.4 is 4.74 Å². The molecule has 0 saturated heterocycles. The Bertz CT molecular complexity index is 343.